The molecule has 1 aliphatic carbocycles. The number of nitrogens with two attached hydrogens (primary N) is 1. The molecule has 7 nitrogen and oxygen atoms in total. The minimum Gasteiger partial charge on any atom is -0.319 e. The number of hydrogen-bond donors (Lipinski definition) is 1. The molecule has 3 atom stereocenters. The van der Waals surface area contributed by atoms with Gasteiger partial charge in [-0.1, -0.05) is 6.08 Å². The quantitative estimate of drug-likeness (QED) is 0.358. The lowest BCUT2D eigenvalue weighted by Gasteiger charge is -2.18. The molecule has 0 saturated carbocycles. The molecule has 0 radical (unpaired) electrons. The van der Waals surface area contributed by atoms with Crippen LogP contribution in [0.25, 0.3) is 0 Å². The third kappa shape index (κ3) is 2.00. The molecule has 13 heavy (non-hydrogen) atoms. The van der Waals surface area contributed by atoms with Crippen LogP contribution in [0.15, 0.2) is 12.2 Å². The van der Waals surface area contributed by atoms with Crippen molar-refractivity contribution in [3.63, 3.8) is 0 Å². The highest BCUT2D eigenvalue weighted by atomic mass is 16.6. The zero-order chi connectivity index (χ0) is 10.0. The van der Waals surface area contributed by atoms with Gasteiger partial charge in [-0.3, -0.25) is 20.2 Å². The maximum Gasteiger partial charge on any atom is 0.238 e. The minimum absolute atomic E-state index is 0.127. The second kappa shape index (κ2) is 3.48. The van der Waals surface area contributed by atoms with E-state index in [0.717, 1.165) is 0 Å². The van der Waals surface area contributed by atoms with E-state index in [-0.39, 0.29) is 6.42 Å². The summed E-state index contributed by atoms with van der Waals surface area (Å²) in [4.78, 5) is 19.6. The molecule has 2 N–H and O–H groups in total. The van der Waals surface area contributed by atoms with Crippen molar-refractivity contribution in [1.29, 1.82) is 0 Å². The zero-order valence-corrected chi connectivity index (χ0v) is 6.70. The molecule has 0 amide bonds. The third-order valence-corrected chi connectivity index (χ3v) is 2.02. The fourth-order valence-corrected chi connectivity index (χ4v) is 1.25. The summed E-state index contributed by atoms with van der Waals surface area (Å²) in [5.41, 5.74) is 5.39. The Bertz CT molecular complexity index is 265. The van der Waals surface area contributed by atoms with Gasteiger partial charge in [-0.2, -0.15) is 0 Å². The predicted octanol–water partition coefficient (Wildman–Crippen LogP) is -0.436. The van der Waals surface area contributed by atoms with Crippen LogP contribution in [0.3, 0.4) is 0 Å². The molecule has 0 fully saturated rings. The summed E-state index contributed by atoms with van der Waals surface area (Å²) in [5.74, 6) is 0. The number of nitro groups is 2. The van der Waals surface area contributed by atoms with E-state index in [1.54, 1.807) is 0 Å². The van der Waals surface area contributed by atoms with E-state index in [4.69, 9.17) is 5.73 Å². The summed E-state index contributed by atoms with van der Waals surface area (Å²) in [5, 5.41) is 20.7. The molecular weight excluding hydrogens is 178 g/mol. The molecule has 0 bridgehead atoms. The summed E-state index contributed by atoms with van der Waals surface area (Å²) >= 11 is 0. The summed E-state index contributed by atoms with van der Waals surface area (Å²) in [6.45, 7) is 0. The Hall–Kier alpha value is -1.50. The van der Waals surface area contributed by atoms with Crippen molar-refractivity contribution in [1.82, 2.24) is 0 Å². The van der Waals surface area contributed by atoms with Gasteiger partial charge in [-0.05, 0) is 6.08 Å². The number of hydrogen-bond acceptors (Lipinski definition) is 5. The first-order valence-electron chi connectivity index (χ1n) is 3.73. The number of rotatable bonds is 2. The number of nitrogens with zero attached hydrogens (tertiary/aromatic N) is 2. The van der Waals surface area contributed by atoms with Crippen molar-refractivity contribution < 1.29 is 9.85 Å². The van der Waals surface area contributed by atoms with Crippen LogP contribution in [0, 0.1) is 20.2 Å². The van der Waals surface area contributed by atoms with Crippen LogP contribution in [0.5, 0.6) is 0 Å². The fraction of sp³-hybridized carbons (Fsp3) is 0.667. The molecule has 72 valence electrons. The van der Waals surface area contributed by atoms with Crippen LogP contribution in [0.2, 0.25) is 0 Å². The average molecular weight is 187 g/mol. The van der Waals surface area contributed by atoms with Gasteiger partial charge in [0.2, 0.25) is 12.1 Å². The van der Waals surface area contributed by atoms with E-state index >= 15 is 0 Å². The van der Waals surface area contributed by atoms with Gasteiger partial charge >= 0.3 is 0 Å². The summed E-state index contributed by atoms with van der Waals surface area (Å²) < 4.78 is 0. The predicted molar refractivity (Wildman–Crippen MR) is 43.3 cm³/mol. The van der Waals surface area contributed by atoms with E-state index < -0.39 is 28.0 Å². The molecule has 0 saturated heterocycles. The van der Waals surface area contributed by atoms with E-state index in [1.165, 1.54) is 12.2 Å². The first-order valence-corrected chi connectivity index (χ1v) is 3.73. The maximum absolute atomic E-state index is 10.4. The van der Waals surface area contributed by atoms with Gasteiger partial charge in [0.15, 0.2) is 0 Å². The maximum atomic E-state index is 10.4. The molecule has 2 unspecified atom stereocenters. The molecule has 0 aromatic carbocycles. The SMILES string of the molecule is NC1C=C[C@@H]([N+](=O)[O-])CC1[N+](=O)[O-]. The van der Waals surface area contributed by atoms with Gasteiger partial charge in [-0.25, -0.2) is 0 Å². The average Bonchev–Trinajstić information content (AvgIpc) is 2.04. The molecule has 0 spiro atoms. The molecule has 0 aliphatic heterocycles. The van der Waals surface area contributed by atoms with Crippen molar-refractivity contribution in [2.45, 2.75) is 24.5 Å². The first-order chi connectivity index (χ1) is 6.02. The third-order valence-electron chi connectivity index (χ3n) is 2.02. The van der Waals surface area contributed by atoms with Crippen LogP contribution in [-0.4, -0.2) is 28.0 Å². The lowest BCUT2D eigenvalue weighted by Crippen LogP contribution is -2.45. The standard InChI is InChI=1S/C6H9N3O4/c7-5-2-1-4(8(10)11)3-6(5)9(12)13/h1-2,4-6H,3,7H2/t4-,5?,6?/m1/s1. The van der Waals surface area contributed by atoms with Crippen molar-refractivity contribution in [3.05, 3.63) is 32.4 Å². The largest absolute Gasteiger partial charge is 0.319 e. The van der Waals surface area contributed by atoms with Gasteiger partial charge in [0.05, 0.1) is 12.5 Å². The molecule has 1 rings (SSSR count). The molecule has 0 aromatic heterocycles. The highest BCUT2D eigenvalue weighted by Crippen LogP contribution is 2.15. The molecule has 0 aromatic rings. The molecule has 1 aliphatic rings. The Balaban J connectivity index is 2.76. The first kappa shape index (κ1) is 9.59. The normalized spacial score (nSPS) is 32.8. The lowest BCUT2D eigenvalue weighted by molar-refractivity contribution is -0.556. The Morgan fingerprint density at radius 1 is 1.23 bits per heavy atom. The van der Waals surface area contributed by atoms with Crippen LogP contribution in [0.1, 0.15) is 6.42 Å². The summed E-state index contributed by atoms with van der Waals surface area (Å²) in [7, 11) is 0. The van der Waals surface area contributed by atoms with Crippen molar-refractivity contribution >= 4 is 0 Å². The Kier molecular flexibility index (Phi) is 2.57. The van der Waals surface area contributed by atoms with Gasteiger partial charge in [-0.15, -0.1) is 0 Å². The van der Waals surface area contributed by atoms with E-state index in [2.05, 4.69) is 0 Å². The Morgan fingerprint density at radius 2 is 1.85 bits per heavy atom. The monoisotopic (exact) mass is 187 g/mol. The van der Waals surface area contributed by atoms with Crippen molar-refractivity contribution in [3.8, 4) is 0 Å². The summed E-state index contributed by atoms with van der Waals surface area (Å²) in [6.07, 6.45) is 2.51. The van der Waals surface area contributed by atoms with Crippen molar-refractivity contribution in [2.75, 3.05) is 0 Å². The Labute approximate surface area is 73.5 Å². The topological polar surface area (TPSA) is 112 Å². The zero-order valence-electron chi connectivity index (χ0n) is 6.70. The highest BCUT2D eigenvalue weighted by Gasteiger charge is 2.37. The van der Waals surface area contributed by atoms with Crippen LogP contribution in [-0.2, 0) is 0 Å². The Morgan fingerprint density at radius 3 is 2.31 bits per heavy atom. The van der Waals surface area contributed by atoms with E-state index in [1.807, 2.05) is 0 Å². The second-order valence-corrected chi connectivity index (χ2v) is 2.90. The second-order valence-electron chi connectivity index (χ2n) is 2.90. The van der Waals surface area contributed by atoms with Gasteiger partial charge in [0, 0.05) is 9.85 Å². The van der Waals surface area contributed by atoms with E-state index in [9.17, 15) is 20.2 Å². The van der Waals surface area contributed by atoms with E-state index in [0.29, 0.717) is 0 Å². The highest BCUT2D eigenvalue weighted by molar-refractivity contribution is 5.05. The van der Waals surface area contributed by atoms with Crippen LogP contribution >= 0.6 is 0 Å². The molecular formula is C6H9N3O4. The molecule has 7 heteroatoms. The minimum atomic E-state index is -1.04. The lowest BCUT2D eigenvalue weighted by atomic mass is 9.95. The van der Waals surface area contributed by atoms with Gasteiger partial charge in [0.25, 0.3) is 0 Å². The van der Waals surface area contributed by atoms with Crippen LogP contribution < -0.4 is 5.73 Å². The fourth-order valence-electron chi connectivity index (χ4n) is 1.25. The smallest absolute Gasteiger partial charge is 0.238 e. The molecule has 0 heterocycles. The van der Waals surface area contributed by atoms with Gasteiger partial charge in [0.1, 0.15) is 0 Å². The van der Waals surface area contributed by atoms with Crippen molar-refractivity contribution in [2.24, 2.45) is 5.73 Å². The van der Waals surface area contributed by atoms with Gasteiger partial charge < -0.3 is 5.73 Å². The summed E-state index contributed by atoms with van der Waals surface area (Å²) in [6, 6.07) is -2.73. The van der Waals surface area contributed by atoms with Crippen LogP contribution in [0.4, 0.5) is 0 Å².